The highest BCUT2D eigenvalue weighted by Gasteiger charge is 2.60. The molecule has 0 aromatic heterocycles. The van der Waals surface area contributed by atoms with Gasteiger partial charge in [-0.3, -0.25) is 19.9 Å². The van der Waals surface area contributed by atoms with Gasteiger partial charge in [-0.15, -0.1) is 0 Å². The van der Waals surface area contributed by atoms with Gasteiger partial charge in [0.15, 0.2) is 0 Å². The Hall–Kier alpha value is -3.74. The van der Waals surface area contributed by atoms with Gasteiger partial charge in [0, 0.05) is 17.5 Å². The van der Waals surface area contributed by atoms with Crippen molar-refractivity contribution in [3.63, 3.8) is 0 Å². The van der Waals surface area contributed by atoms with E-state index in [4.69, 9.17) is 11.6 Å². The van der Waals surface area contributed by atoms with Crippen LogP contribution in [0.15, 0.2) is 88.8 Å². The number of rotatable bonds is 4. The number of carbonyl (C=O) groups is 2. The van der Waals surface area contributed by atoms with Gasteiger partial charge in [-0.05, 0) is 60.4 Å². The minimum atomic E-state index is -4.66. The van der Waals surface area contributed by atoms with E-state index in [0.717, 1.165) is 22.1 Å². The fourth-order valence-corrected chi connectivity index (χ4v) is 7.09. The molecule has 3 aromatic carbocycles. The zero-order valence-electron chi connectivity index (χ0n) is 21.2. The van der Waals surface area contributed by atoms with Gasteiger partial charge in [-0.1, -0.05) is 58.5 Å². The monoisotopic (exact) mass is 602 g/mol. The van der Waals surface area contributed by atoms with Gasteiger partial charge in [0.2, 0.25) is 11.9 Å². The smallest absolute Gasteiger partial charge is 0.294 e. The van der Waals surface area contributed by atoms with E-state index in [0.29, 0.717) is 35.6 Å². The number of alkyl halides is 3. The minimum Gasteiger partial charge on any atom is -0.294 e. The lowest BCUT2D eigenvalue weighted by Gasteiger charge is -2.35. The molecule has 2 atom stereocenters. The van der Waals surface area contributed by atoms with E-state index in [-0.39, 0.29) is 12.5 Å². The van der Waals surface area contributed by atoms with Crippen molar-refractivity contribution in [1.29, 1.82) is 0 Å². The van der Waals surface area contributed by atoms with Crippen LogP contribution < -0.4 is 5.32 Å². The van der Waals surface area contributed by atoms with Gasteiger partial charge in [0.25, 0.3) is 15.9 Å². The maximum absolute atomic E-state index is 14.3. The summed E-state index contributed by atoms with van der Waals surface area (Å²) >= 11 is 6.12. The number of hydrogen-bond acceptors (Lipinski definition) is 5. The molecule has 6 rings (SSSR count). The summed E-state index contributed by atoms with van der Waals surface area (Å²) in [6.07, 6.45) is -3.96. The van der Waals surface area contributed by atoms with Crippen molar-refractivity contribution in [1.82, 2.24) is 14.7 Å². The average molecular weight is 603 g/mol. The van der Waals surface area contributed by atoms with E-state index >= 15 is 0 Å². The van der Waals surface area contributed by atoms with Crippen LogP contribution in [0.25, 0.3) is 0 Å². The summed E-state index contributed by atoms with van der Waals surface area (Å²) in [7, 11) is -4.58. The number of aliphatic imine (C=N–C) groups is 1. The molecule has 3 aliphatic rings. The Morgan fingerprint density at radius 1 is 0.902 bits per heavy atom. The fourth-order valence-electron chi connectivity index (χ4n) is 5.30. The van der Waals surface area contributed by atoms with Gasteiger partial charge >= 0.3 is 6.18 Å². The Morgan fingerprint density at radius 2 is 1.54 bits per heavy atom. The topological polar surface area (TPSA) is 99.2 Å². The highest BCUT2D eigenvalue weighted by Crippen LogP contribution is 2.50. The van der Waals surface area contributed by atoms with Gasteiger partial charge in [-0.25, -0.2) is 8.42 Å². The van der Waals surface area contributed by atoms with E-state index in [1.165, 1.54) is 5.01 Å². The van der Waals surface area contributed by atoms with E-state index in [1.807, 2.05) is 18.2 Å². The highest BCUT2D eigenvalue weighted by atomic mass is 35.5. The van der Waals surface area contributed by atoms with E-state index < -0.39 is 55.8 Å². The van der Waals surface area contributed by atoms with Crippen LogP contribution in [0.4, 0.5) is 13.2 Å². The van der Waals surface area contributed by atoms with Crippen molar-refractivity contribution in [3.05, 3.63) is 101 Å². The first-order valence-corrected chi connectivity index (χ1v) is 14.5. The summed E-state index contributed by atoms with van der Waals surface area (Å²) in [5.74, 6) is -2.02. The number of carbonyl (C=O) groups excluding carboxylic acids is 2. The van der Waals surface area contributed by atoms with Gasteiger partial charge in [0.1, 0.15) is 5.41 Å². The molecule has 2 amide bonds. The van der Waals surface area contributed by atoms with Crippen LogP contribution in [0.1, 0.15) is 41.5 Å². The second-order valence-corrected chi connectivity index (χ2v) is 12.4. The number of sulfonamides is 1. The van der Waals surface area contributed by atoms with Crippen LogP contribution in [0.3, 0.4) is 0 Å². The molecule has 212 valence electrons. The summed E-state index contributed by atoms with van der Waals surface area (Å²) in [5, 5.41) is 4.25. The van der Waals surface area contributed by atoms with Crippen molar-refractivity contribution in [2.45, 2.75) is 35.9 Å². The second-order valence-electron chi connectivity index (χ2n) is 10.2. The van der Waals surface area contributed by atoms with E-state index in [1.54, 1.807) is 36.4 Å². The Bertz CT molecular complexity index is 1660. The summed E-state index contributed by atoms with van der Waals surface area (Å²) < 4.78 is 69.4. The molecular formula is C28H22ClF3N4O4S. The fraction of sp³-hybridized carbons (Fsp3) is 0.250. The lowest BCUT2D eigenvalue weighted by molar-refractivity contribution is -0.138. The Morgan fingerprint density at radius 3 is 2.10 bits per heavy atom. The normalized spacial score (nSPS) is 22.5. The third-order valence-electron chi connectivity index (χ3n) is 7.66. The Kier molecular flexibility index (Phi) is 6.47. The summed E-state index contributed by atoms with van der Waals surface area (Å²) in [6.45, 7) is -0.0173. The molecule has 1 N–H and O–H groups in total. The average Bonchev–Trinajstić information content (AvgIpc) is 3.65. The number of guanidine groups is 1. The highest BCUT2D eigenvalue weighted by molar-refractivity contribution is 7.89. The van der Waals surface area contributed by atoms with Crippen molar-refractivity contribution in [3.8, 4) is 0 Å². The molecular weight excluding hydrogens is 581 g/mol. The van der Waals surface area contributed by atoms with E-state index in [9.17, 15) is 31.2 Å². The first kappa shape index (κ1) is 27.4. The van der Waals surface area contributed by atoms with Gasteiger partial charge < -0.3 is 0 Å². The zero-order valence-corrected chi connectivity index (χ0v) is 22.7. The molecule has 1 saturated heterocycles. The lowest BCUT2D eigenvalue weighted by Crippen LogP contribution is -2.56. The lowest BCUT2D eigenvalue weighted by atomic mass is 9.89. The van der Waals surface area contributed by atoms with Crippen molar-refractivity contribution >= 4 is 39.4 Å². The second kappa shape index (κ2) is 9.68. The molecule has 1 spiro atoms. The number of amides is 2. The maximum atomic E-state index is 14.3. The molecule has 0 bridgehead atoms. The predicted octanol–water partition coefficient (Wildman–Crippen LogP) is 4.90. The molecule has 2 fully saturated rings. The molecule has 3 aromatic rings. The number of nitrogens with zero attached hydrogens (tertiary/aromatic N) is 3. The molecule has 2 unspecified atom stereocenters. The molecule has 2 aliphatic heterocycles. The summed E-state index contributed by atoms with van der Waals surface area (Å²) in [4.78, 5) is 29.5. The number of nitrogens with one attached hydrogen (secondary N) is 1. The maximum Gasteiger partial charge on any atom is 0.416 e. The largest absolute Gasteiger partial charge is 0.416 e. The van der Waals surface area contributed by atoms with Crippen LogP contribution in [0, 0.1) is 5.41 Å². The number of halogens is 4. The number of benzene rings is 3. The number of hydrazine groups is 1. The molecule has 1 saturated carbocycles. The van der Waals surface area contributed by atoms with Gasteiger partial charge in [-0.2, -0.15) is 18.2 Å². The van der Waals surface area contributed by atoms with Crippen molar-refractivity contribution in [2.24, 2.45) is 10.4 Å². The summed E-state index contributed by atoms with van der Waals surface area (Å²) in [6, 6.07) is 17.8. The molecule has 0 radical (unpaired) electrons. The SMILES string of the molecule is O=C1N=C(N2CC(c3ccccc3)C(c3ccc(Cl)cc3)N2S(=O)(=O)c2ccc(C(F)(F)F)cc2)NC(=O)C12CC2. The molecule has 41 heavy (non-hydrogen) atoms. The molecule has 13 heteroatoms. The quantitative estimate of drug-likeness (QED) is 0.429. The van der Waals surface area contributed by atoms with Crippen LogP contribution in [0.5, 0.6) is 0 Å². The van der Waals surface area contributed by atoms with Crippen molar-refractivity contribution in [2.75, 3.05) is 6.54 Å². The first-order chi connectivity index (χ1) is 19.4. The van der Waals surface area contributed by atoms with Crippen LogP contribution in [-0.2, 0) is 25.8 Å². The standard InChI is InChI=1S/C28H22ClF3N4O4S/c29-20-10-6-18(7-11-20)23-22(17-4-2-1-3-5-17)16-35(26-33-24(37)27(14-15-27)25(38)34-26)36(23)41(39,40)21-12-8-19(9-13-21)28(30,31)32/h1-13,22-23H,14-16H2,(H,33,34,37,38). The van der Waals surface area contributed by atoms with E-state index in [2.05, 4.69) is 10.3 Å². The summed E-state index contributed by atoms with van der Waals surface area (Å²) in [5.41, 5.74) is -0.936. The third kappa shape index (κ3) is 4.69. The first-order valence-electron chi connectivity index (χ1n) is 12.7. The molecule has 2 heterocycles. The van der Waals surface area contributed by atoms with Crippen molar-refractivity contribution < 1.29 is 31.2 Å². The zero-order chi connectivity index (χ0) is 29.2. The van der Waals surface area contributed by atoms with Crippen LogP contribution >= 0.6 is 11.6 Å². The number of hydrogen-bond donors (Lipinski definition) is 1. The third-order valence-corrected chi connectivity index (χ3v) is 9.70. The van der Waals surface area contributed by atoms with Crippen LogP contribution in [0.2, 0.25) is 5.02 Å². The van der Waals surface area contributed by atoms with Gasteiger partial charge in [0.05, 0.1) is 16.5 Å². The molecule has 1 aliphatic carbocycles. The minimum absolute atomic E-state index is 0.0173. The van der Waals surface area contributed by atoms with Crippen LogP contribution in [-0.4, -0.2) is 42.2 Å². The Labute approximate surface area is 238 Å². The predicted molar refractivity (Wildman–Crippen MR) is 143 cm³/mol. The Balaban J connectivity index is 1.52. The molecule has 8 nitrogen and oxygen atoms in total.